The van der Waals surface area contributed by atoms with Crippen LogP contribution in [0.2, 0.25) is 0 Å². The van der Waals surface area contributed by atoms with Gasteiger partial charge in [0.05, 0.1) is 0 Å². The second-order valence-corrected chi connectivity index (χ2v) is 8.16. The zero-order valence-electron chi connectivity index (χ0n) is 16.9. The summed E-state index contributed by atoms with van der Waals surface area (Å²) in [7, 11) is 0. The molecule has 0 unspecified atom stereocenters. The fraction of sp³-hybridized carbons (Fsp3) is 0.0800. The molecule has 0 N–H and O–H groups in total. The number of aryl methyl sites for hydroxylation is 1. The van der Waals surface area contributed by atoms with E-state index in [9.17, 15) is 4.79 Å². The first-order valence-corrected chi connectivity index (χ1v) is 10.9. The molecule has 5 nitrogen and oxygen atoms in total. The van der Waals surface area contributed by atoms with Crippen molar-refractivity contribution in [3.63, 3.8) is 0 Å². The molecule has 0 bridgehead atoms. The minimum atomic E-state index is -0.344. The summed E-state index contributed by atoms with van der Waals surface area (Å²) in [5.74, 6) is 1.35. The van der Waals surface area contributed by atoms with Gasteiger partial charge in [-0.2, -0.15) is 0 Å². The van der Waals surface area contributed by atoms with Crippen LogP contribution in [0, 0.1) is 6.92 Å². The van der Waals surface area contributed by atoms with E-state index in [4.69, 9.17) is 4.42 Å². The molecule has 6 heteroatoms. The van der Waals surface area contributed by atoms with E-state index in [-0.39, 0.29) is 5.63 Å². The van der Waals surface area contributed by atoms with Crippen molar-refractivity contribution < 1.29 is 4.42 Å². The normalized spacial score (nSPS) is 11.1. The van der Waals surface area contributed by atoms with E-state index >= 15 is 0 Å². The van der Waals surface area contributed by atoms with Gasteiger partial charge in [-0.05, 0) is 36.2 Å². The molecule has 0 radical (unpaired) electrons. The molecule has 0 amide bonds. The monoisotopic (exact) mass is 425 g/mol. The maximum Gasteiger partial charge on any atom is 0.336 e. The summed E-state index contributed by atoms with van der Waals surface area (Å²) in [4.78, 5) is 12.1. The molecule has 5 aromatic rings. The van der Waals surface area contributed by atoms with E-state index in [1.54, 1.807) is 17.8 Å². The van der Waals surface area contributed by atoms with Gasteiger partial charge in [-0.15, -0.1) is 10.2 Å². The number of para-hydroxylation sites is 1. The van der Waals surface area contributed by atoms with E-state index in [1.165, 1.54) is 0 Å². The van der Waals surface area contributed by atoms with E-state index < -0.39 is 0 Å². The fourth-order valence-electron chi connectivity index (χ4n) is 3.55. The van der Waals surface area contributed by atoms with Crippen molar-refractivity contribution in [1.82, 2.24) is 14.8 Å². The Morgan fingerprint density at radius 2 is 1.65 bits per heavy atom. The molecule has 2 aromatic heterocycles. The Bertz CT molecular complexity index is 1410. The van der Waals surface area contributed by atoms with Crippen molar-refractivity contribution in [2.45, 2.75) is 17.8 Å². The van der Waals surface area contributed by atoms with Gasteiger partial charge in [-0.3, -0.25) is 4.57 Å². The summed E-state index contributed by atoms with van der Waals surface area (Å²) in [6, 6.07) is 27.5. The van der Waals surface area contributed by atoms with Crippen LogP contribution in [-0.4, -0.2) is 14.8 Å². The molecule has 0 saturated carbocycles. The number of aromatic nitrogens is 3. The highest BCUT2D eigenvalue weighted by atomic mass is 32.2. The van der Waals surface area contributed by atoms with Gasteiger partial charge in [0.15, 0.2) is 11.0 Å². The number of benzene rings is 3. The van der Waals surface area contributed by atoms with Crippen LogP contribution in [0.5, 0.6) is 0 Å². The van der Waals surface area contributed by atoms with Gasteiger partial charge in [0.2, 0.25) is 0 Å². The third-order valence-electron chi connectivity index (χ3n) is 5.02. The van der Waals surface area contributed by atoms with Crippen molar-refractivity contribution in [3.05, 3.63) is 106 Å². The molecule has 5 rings (SSSR count). The van der Waals surface area contributed by atoms with Crippen molar-refractivity contribution in [1.29, 1.82) is 0 Å². The minimum Gasteiger partial charge on any atom is -0.423 e. The largest absolute Gasteiger partial charge is 0.423 e. The Hall–Kier alpha value is -3.64. The lowest BCUT2D eigenvalue weighted by molar-refractivity contribution is 0.559. The molecule has 0 fully saturated rings. The number of nitrogens with zero attached hydrogens (tertiary/aromatic N) is 3. The molecule has 2 heterocycles. The molecule has 0 aliphatic heterocycles. The van der Waals surface area contributed by atoms with Crippen LogP contribution in [0.25, 0.3) is 28.0 Å². The third-order valence-corrected chi connectivity index (χ3v) is 6.00. The SMILES string of the molecule is Cc1ccc2c(CSc3nnc(-c4ccccc4)n3-c3ccccc3)cc(=O)oc2c1. The first-order valence-electron chi connectivity index (χ1n) is 9.91. The Kier molecular flexibility index (Phi) is 5.14. The van der Waals surface area contributed by atoms with Crippen LogP contribution in [0.3, 0.4) is 0 Å². The maximum atomic E-state index is 12.1. The number of hydrogen-bond acceptors (Lipinski definition) is 5. The summed E-state index contributed by atoms with van der Waals surface area (Å²) in [5, 5.41) is 10.7. The molecular formula is C25H19N3O2S. The van der Waals surface area contributed by atoms with E-state index in [0.29, 0.717) is 11.3 Å². The van der Waals surface area contributed by atoms with Crippen molar-refractivity contribution >= 4 is 22.7 Å². The van der Waals surface area contributed by atoms with Crippen LogP contribution in [0.4, 0.5) is 0 Å². The average Bonchev–Trinajstić information content (AvgIpc) is 3.22. The van der Waals surface area contributed by atoms with Gasteiger partial charge < -0.3 is 4.42 Å². The average molecular weight is 426 g/mol. The number of thioether (sulfide) groups is 1. The molecule has 0 spiro atoms. The van der Waals surface area contributed by atoms with Crippen LogP contribution < -0.4 is 5.63 Å². The van der Waals surface area contributed by atoms with Gasteiger partial charge in [-0.1, -0.05) is 72.4 Å². The lowest BCUT2D eigenvalue weighted by Gasteiger charge is -2.11. The zero-order chi connectivity index (χ0) is 21.2. The summed E-state index contributed by atoms with van der Waals surface area (Å²) in [5.41, 5.74) is 4.21. The summed E-state index contributed by atoms with van der Waals surface area (Å²) in [6.07, 6.45) is 0. The molecule has 31 heavy (non-hydrogen) atoms. The second kappa shape index (κ2) is 8.24. The van der Waals surface area contributed by atoms with Gasteiger partial charge in [0.1, 0.15) is 5.58 Å². The van der Waals surface area contributed by atoms with Crippen molar-refractivity contribution in [2.24, 2.45) is 0 Å². The molecule has 0 aliphatic rings. The van der Waals surface area contributed by atoms with E-state index in [0.717, 1.165) is 38.7 Å². The standard InChI is InChI=1S/C25H19N3O2S/c1-17-12-13-21-19(15-23(29)30-22(21)14-17)16-31-25-27-26-24(18-8-4-2-5-9-18)28(25)20-10-6-3-7-11-20/h2-15H,16H2,1H3. The highest BCUT2D eigenvalue weighted by Gasteiger charge is 2.17. The lowest BCUT2D eigenvalue weighted by atomic mass is 10.1. The van der Waals surface area contributed by atoms with Gasteiger partial charge in [0.25, 0.3) is 0 Å². The minimum absolute atomic E-state index is 0.344. The van der Waals surface area contributed by atoms with Crippen LogP contribution >= 0.6 is 11.8 Å². The second-order valence-electron chi connectivity index (χ2n) is 7.22. The zero-order valence-corrected chi connectivity index (χ0v) is 17.7. The quantitative estimate of drug-likeness (QED) is 0.269. The fourth-order valence-corrected chi connectivity index (χ4v) is 4.49. The Balaban J connectivity index is 1.56. The number of hydrogen-bond donors (Lipinski definition) is 0. The Morgan fingerprint density at radius 1 is 0.903 bits per heavy atom. The Labute approximate surface area is 183 Å². The van der Waals surface area contributed by atoms with Crippen LogP contribution in [0.15, 0.2) is 99.3 Å². The predicted molar refractivity (Wildman–Crippen MR) is 124 cm³/mol. The van der Waals surface area contributed by atoms with Crippen LogP contribution in [0.1, 0.15) is 11.1 Å². The first kappa shape index (κ1) is 19.3. The topological polar surface area (TPSA) is 60.9 Å². The van der Waals surface area contributed by atoms with E-state index in [2.05, 4.69) is 14.8 Å². The van der Waals surface area contributed by atoms with Gasteiger partial charge in [0, 0.05) is 28.5 Å². The highest BCUT2D eigenvalue weighted by Crippen LogP contribution is 2.31. The molecule has 0 saturated heterocycles. The third kappa shape index (κ3) is 3.90. The molecule has 0 atom stereocenters. The van der Waals surface area contributed by atoms with Gasteiger partial charge in [-0.25, -0.2) is 4.79 Å². The highest BCUT2D eigenvalue weighted by molar-refractivity contribution is 7.98. The van der Waals surface area contributed by atoms with Crippen molar-refractivity contribution in [2.75, 3.05) is 0 Å². The molecule has 152 valence electrons. The maximum absolute atomic E-state index is 12.1. The molecule has 3 aromatic carbocycles. The van der Waals surface area contributed by atoms with Gasteiger partial charge >= 0.3 is 5.63 Å². The molecule has 0 aliphatic carbocycles. The Morgan fingerprint density at radius 3 is 2.42 bits per heavy atom. The predicted octanol–water partition coefficient (Wildman–Crippen LogP) is 5.64. The summed E-state index contributed by atoms with van der Waals surface area (Å²) >= 11 is 1.55. The lowest BCUT2D eigenvalue weighted by Crippen LogP contribution is -2.02. The summed E-state index contributed by atoms with van der Waals surface area (Å²) in [6.45, 7) is 1.98. The van der Waals surface area contributed by atoms with Crippen molar-refractivity contribution in [3.8, 4) is 17.1 Å². The van der Waals surface area contributed by atoms with Crippen LogP contribution in [-0.2, 0) is 5.75 Å². The first-order chi connectivity index (χ1) is 15.2. The number of rotatable bonds is 5. The number of fused-ring (bicyclic) bond motifs is 1. The van der Waals surface area contributed by atoms with E-state index in [1.807, 2.05) is 85.8 Å². The smallest absolute Gasteiger partial charge is 0.336 e. The summed E-state index contributed by atoms with van der Waals surface area (Å²) < 4.78 is 7.45. The molecular weight excluding hydrogens is 406 g/mol.